The number of hydroxylamine groups is 1. The predicted molar refractivity (Wildman–Crippen MR) is 68.7 cm³/mol. The van der Waals surface area contributed by atoms with Gasteiger partial charge in [0.2, 0.25) is 0 Å². The monoisotopic (exact) mass is 258 g/mol. The van der Waals surface area contributed by atoms with Crippen LogP contribution >= 0.6 is 11.6 Å². The zero-order valence-electron chi connectivity index (χ0n) is 10.3. The summed E-state index contributed by atoms with van der Waals surface area (Å²) >= 11 is 6.20. The van der Waals surface area contributed by atoms with Crippen LogP contribution in [-0.2, 0) is 4.84 Å². The van der Waals surface area contributed by atoms with Crippen molar-refractivity contribution in [3.63, 3.8) is 0 Å². The highest BCUT2D eigenvalue weighted by atomic mass is 35.5. The summed E-state index contributed by atoms with van der Waals surface area (Å²) in [6.45, 7) is 0. The number of nitrogens with one attached hydrogen (secondary N) is 1. The highest BCUT2D eigenvalue weighted by Crippen LogP contribution is 2.40. The molecule has 0 spiro atoms. The third kappa shape index (κ3) is 2.35. The summed E-state index contributed by atoms with van der Waals surface area (Å²) < 4.78 is 0. The van der Waals surface area contributed by atoms with Crippen molar-refractivity contribution in [3.05, 3.63) is 0 Å². The van der Waals surface area contributed by atoms with Gasteiger partial charge in [0.15, 0.2) is 0 Å². The summed E-state index contributed by atoms with van der Waals surface area (Å²) in [6.07, 6.45) is 8.94. The highest BCUT2D eigenvalue weighted by molar-refractivity contribution is 6.21. The molecule has 1 aliphatic heterocycles. The molecule has 0 aromatic carbocycles. The van der Waals surface area contributed by atoms with Crippen molar-refractivity contribution >= 4 is 11.6 Å². The van der Waals surface area contributed by atoms with Crippen molar-refractivity contribution in [1.29, 1.82) is 0 Å². The van der Waals surface area contributed by atoms with Gasteiger partial charge in [-0.2, -0.15) is 5.48 Å². The molecule has 98 valence electrons. The number of nitrogens with two attached hydrogens (primary N) is 1. The van der Waals surface area contributed by atoms with Gasteiger partial charge in [-0.1, -0.05) is 12.8 Å². The van der Waals surface area contributed by atoms with Gasteiger partial charge in [0, 0.05) is 23.4 Å². The minimum Gasteiger partial charge on any atom is -0.326 e. The number of hydrogen-bond acceptors (Lipinski definition) is 3. The van der Waals surface area contributed by atoms with Crippen LogP contribution in [0.15, 0.2) is 0 Å². The molecule has 3 rings (SSSR count). The summed E-state index contributed by atoms with van der Waals surface area (Å²) in [7, 11) is 0. The largest absolute Gasteiger partial charge is 0.326 e. The quantitative estimate of drug-likeness (QED) is 0.709. The van der Waals surface area contributed by atoms with E-state index in [2.05, 4.69) is 5.48 Å². The molecule has 3 fully saturated rings. The van der Waals surface area contributed by atoms with Crippen LogP contribution in [0.25, 0.3) is 0 Å². The standard InChI is InChI=1S/C13H23ClN2O/c14-10-6-5-8(7-11(10)15)13-9-3-1-2-4-12(9)16-17-13/h8-13,16H,1-7,15H2. The fraction of sp³-hybridized carbons (Fsp3) is 1.00. The van der Waals surface area contributed by atoms with E-state index in [0.717, 1.165) is 12.8 Å². The van der Waals surface area contributed by atoms with Crippen LogP contribution in [0.3, 0.4) is 0 Å². The molecular weight excluding hydrogens is 236 g/mol. The summed E-state index contributed by atoms with van der Waals surface area (Å²) in [6, 6.07) is 0.750. The third-order valence-corrected chi connectivity index (χ3v) is 5.46. The van der Waals surface area contributed by atoms with Gasteiger partial charge in [0.25, 0.3) is 0 Å². The number of halogens is 1. The Balaban J connectivity index is 1.64. The molecular formula is C13H23ClN2O. The summed E-state index contributed by atoms with van der Waals surface area (Å²) in [5, 5.41) is 0.169. The molecule has 0 aromatic rings. The predicted octanol–water partition coefficient (Wildman–Crippen LogP) is 2.18. The molecule has 6 unspecified atom stereocenters. The van der Waals surface area contributed by atoms with E-state index in [0.29, 0.717) is 24.0 Å². The Morgan fingerprint density at radius 2 is 1.94 bits per heavy atom. The first-order chi connectivity index (χ1) is 8.25. The number of fused-ring (bicyclic) bond motifs is 1. The molecule has 3 N–H and O–H groups in total. The Kier molecular flexibility index (Phi) is 3.62. The van der Waals surface area contributed by atoms with Crippen LogP contribution < -0.4 is 11.2 Å². The molecule has 0 bridgehead atoms. The Labute approximate surface area is 108 Å². The smallest absolute Gasteiger partial charge is 0.0862 e. The van der Waals surface area contributed by atoms with Crippen LogP contribution in [0.2, 0.25) is 0 Å². The summed E-state index contributed by atoms with van der Waals surface area (Å²) in [4.78, 5) is 5.87. The molecule has 3 nitrogen and oxygen atoms in total. The average molecular weight is 259 g/mol. The van der Waals surface area contributed by atoms with E-state index in [1.54, 1.807) is 0 Å². The molecule has 0 amide bonds. The lowest BCUT2D eigenvalue weighted by Gasteiger charge is -2.36. The minimum absolute atomic E-state index is 0.154. The highest BCUT2D eigenvalue weighted by Gasteiger charge is 2.44. The Morgan fingerprint density at radius 3 is 2.76 bits per heavy atom. The third-order valence-electron chi connectivity index (χ3n) is 4.91. The maximum atomic E-state index is 6.20. The molecule has 1 heterocycles. The lowest BCUT2D eigenvalue weighted by atomic mass is 9.73. The molecule has 2 aliphatic carbocycles. The normalized spacial score (nSPS) is 51.2. The van der Waals surface area contributed by atoms with Crippen LogP contribution in [0.5, 0.6) is 0 Å². The first kappa shape index (κ1) is 12.2. The van der Waals surface area contributed by atoms with Crippen molar-refractivity contribution in [1.82, 2.24) is 5.48 Å². The van der Waals surface area contributed by atoms with Crippen molar-refractivity contribution < 1.29 is 4.84 Å². The maximum absolute atomic E-state index is 6.20. The van der Waals surface area contributed by atoms with E-state index in [9.17, 15) is 0 Å². The van der Waals surface area contributed by atoms with E-state index in [1.807, 2.05) is 0 Å². The lowest BCUT2D eigenvalue weighted by molar-refractivity contribution is -0.0265. The van der Waals surface area contributed by atoms with Gasteiger partial charge in [0.05, 0.1) is 6.10 Å². The van der Waals surface area contributed by atoms with Crippen LogP contribution in [0.4, 0.5) is 0 Å². The van der Waals surface area contributed by atoms with Crippen molar-refractivity contribution in [2.75, 3.05) is 0 Å². The average Bonchev–Trinajstić information content (AvgIpc) is 2.76. The molecule has 1 saturated heterocycles. The molecule has 0 radical (unpaired) electrons. The topological polar surface area (TPSA) is 47.3 Å². The van der Waals surface area contributed by atoms with Crippen molar-refractivity contribution in [3.8, 4) is 0 Å². The molecule has 3 aliphatic rings. The molecule has 2 saturated carbocycles. The van der Waals surface area contributed by atoms with E-state index < -0.39 is 0 Å². The Hall–Kier alpha value is 0.170. The van der Waals surface area contributed by atoms with Crippen LogP contribution in [-0.4, -0.2) is 23.6 Å². The Morgan fingerprint density at radius 1 is 1.12 bits per heavy atom. The number of hydrogen-bond donors (Lipinski definition) is 2. The first-order valence-corrected chi connectivity index (χ1v) is 7.50. The second kappa shape index (κ2) is 5.04. The fourth-order valence-corrected chi connectivity index (χ4v) is 4.13. The molecule has 17 heavy (non-hydrogen) atoms. The number of rotatable bonds is 1. The molecule has 0 aromatic heterocycles. The maximum Gasteiger partial charge on any atom is 0.0862 e. The number of alkyl halides is 1. The second-order valence-corrected chi connectivity index (χ2v) is 6.57. The summed E-state index contributed by atoms with van der Waals surface area (Å²) in [5.74, 6) is 1.33. The minimum atomic E-state index is 0.154. The van der Waals surface area contributed by atoms with Gasteiger partial charge < -0.3 is 5.73 Å². The van der Waals surface area contributed by atoms with E-state index in [-0.39, 0.29) is 11.4 Å². The first-order valence-electron chi connectivity index (χ1n) is 7.06. The SMILES string of the molecule is NC1CC(C2ONC3CCCCC32)CCC1Cl. The van der Waals surface area contributed by atoms with Gasteiger partial charge in [0.1, 0.15) is 0 Å². The van der Waals surface area contributed by atoms with E-state index in [4.69, 9.17) is 22.2 Å². The van der Waals surface area contributed by atoms with Gasteiger partial charge in [-0.15, -0.1) is 11.6 Å². The van der Waals surface area contributed by atoms with Crippen molar-refractivity contribution in [2.24, 2.45) is 17.6 Å². The fourth-order valence-electron chi connectivity index (χ4n) is 3.90. The lowest BCUT2D eigenvalue weighted by Crippen LogP contribution is -2.43. The second-order valence-electron chi connectivity index (χ2n) is 6.01. The molecule has 4 heteroatoms. The zero-order valence-corrected chi connectivity index (χ0v) is 11.0. The van der Waals surface area contributed by atoms with E-state index in [1.165, 1.54) is 32.1 Å². The van der Waals surface area contributed by atoms with Gasteiger partial charge in [-0.25, -0.2) is 0 Å². The van der Waals surface area contributed by atoms with Crippen LogP contribution in [0, 0.1) is 11.8 Å². The van der Waals surface area contributed by atoms with Gasteiger partial charge in [-0.05, 0) is 38.0 Å². The van der Waals surface area contributed by atoms with Gasteiger partial charge in [-0.3, -0.25) is 4.84 Å². The van der Waals surface area contributed by atoms with Crippen LogP contribution in [0.1, 0.15) is 44.9 Å². The van der Waals surface area contributed by atoms with E-state index >= 15 is 0 Å². The van der Waals surface area contributed by atoms with Gasteiger partial charge >= 0.3 is 0 Å². The Bertz CT molecular complexity index is 276. The summed E-state index contributed by atoms with van der Waals surface area (Å²) in [5.41, 5.74) is 9.35. The molecule has 6 atom stereocenters. The zero-order chi connectivity index (χ0) is 11.8. The van der Waals surface area contributed by atoms with Crippen molar-refractivity contribution in [2.45, 2.75) is 68.5 Å².